The lowest BCUT2D eigenvalue weighted by molar-refractivity contribution is -0.138. The number of ether oxygens (including phenoxy) is 1. The van der Waals surface area contributed by atoms with Crippen LogP contribution in [0.1, 0.15) is 27.7 Å². The molecule has 0 aliphatic heterocycles. The van der Waals surface area contributed by atoms with E-state index in [2.05, 4.69) is 51.1 Å². The predicted molar refractivity (Wildman–Crippen MR) is 86.8 cm³/mol. The molecular weight excluding hydrogens is 252 g/mol. The lowest BCUT2D eigenvalue weighted by Crippen LogP contribution is -2.38. The Kier molecular flexibility index (Phi) is 13.2. The van der Waals surface area contributed by atoms with Gasteiger partial charge in [0.2, 0.25) is 0 Å². The molecule has 0 aromatic rings. The van der Waals surface area contributed by atoms with Crippen LogP contribution in [0.15, 0.2) is 37.5 Å². The summed E-state index contributed by atoms with van der Waals surface area (Å²) < 4.78 is 4.90. The molecule has 0 aromatic heterocycles. The van der Waals surface area contributed by atoms with Crippen molar-refractivity contribution in [2.75, 3.05) is 26.2 Å². The second-order valence-corrected chi connectivity index (χ2v) is 5.33. The first-order valence-electron chi connectivity index (χ1n) is 6.74. The standard InChI is InChI=1S/C10H19NO2.C6H11N/c1-8(2)9(12)13-7-6-11-10(3,4)5;1-3-5-7-6-4-2/h11H,1,6-7H2,2-5H3;3-4,7H,1-2,5-6H2. The number of nitrogens with one attached hydrogen (secondary N) is 2. The van der Waals surface area contributed by atoms with Crippen LogP contribution in [0.2, 0.25) is 0 Å². The predicted octanol–water partition coefficient (Wildman–Crippen LogP) is 2.44. The Morgan fingerprint density at radius 2 is 1.70 bits per heavy atom. The second-order valence-electron chi connectivity index (χ2n) is 5.33. The highest BCUT2D eigenvalue weighted by Gasteiger charge is 2.08. The molecule has 0 rings (SSSR count). The Morgan fingerprint density at radius 1 is 1.20 bits per heavy atom. The third-order valence-electron chi connectivity index (χ3n) is 1.92. The highest BCUT2D eigenvalue weighted by molar-refractivity contribution is 5.86. The Balaban J connectivity index is 0. The fourth-order valence-corrected chi connectivity index (χ4v) is 0.980. The van der Waals surface area contributed by atoms with E-state index in [4.69, 9.17) is 4.74 Å². The largest absolute Gasteiger partial charge is 0.461 e. The molecule has 0 saturated heterocycles. The molecule has 20 heavy (non-hydrogen) atoms. The summed E-state index contributed by atoms with van der Waals surface area (Å²) in [6.45, 7) is 21.2. The topological polar surface area (TPSA) is 50.4 Å². The Hall–Kier alpha value is -1.39. The first-order chi connectivity index (χ1) is 9.24. The van der Waals surface area contributed by atoms with Gasteiger partial charge in [0.25, 0.3) is 0 Å². The first-order valence-corrected chi connectivity index (χ1v) is 6.74. The van der Waals surface area contributed by atoms with Gasteiger partial charge >= 0.3 is 5.97 Å². The molecule has 4 nitrogen and oxygen atoms in total. The van der Waals surface area contributed by atoms with Gasteiger partial charge in [-0.05, 0) is 27.7 Å². The zero-order valence-corrected chi connectivity index (χ0v) is 13.4. The molecule has 0 aliphatic carbocycles. The molecule has 0 radical (unpaired) electrons. The lowest BCUT2D eigenvalue weighted by Gasteiger charge is -2.20. The Bertz CT molecular complexity index is 296. The number of esters is 1. The van der Waals surface area contributed by atoms with Crippen LogP contribution in [0.3, 0.4) is 0 Å². The summed E-state index contributed by atoms with van der Waals surface area (Å²) in [5.41, 5.74) is 0.506. The molecule has 0 atom stereocenters. The molecule has 0 unspecified atom stereocenters. The number of hydrogen-bond donors (Lipinski definition) is 2. The van der Waals surface area contributed by atoms with E-state index in [1.165, 1.54) is 0 Å². The van der Waals surface area contributed by atoms with Crippen LogP contribution in [0.5, 0.6) is 0 Å². The van der Waals surface area contributed by atoms with Crippen LogP contribution in [-0.2, 0) is 9.53 Å². The summed E-state index contributed by atoms with van der Waals surface area (Å²) in [5.74, 6) is -0.323. The maximum absolute atomic E-state index is 10.9. The van der Waals surface area contributed by atoms with Gasteiger partial charge in [0.15, 0.2) is 0 Å². The van der Waals surface area contributed by atoms with E-state index in [0.29, 0.717) is 18.7 Å². The molecule has 0 aliphatic rings. The van der Waals surface area contributed by atoms with E-state index < -0.39 is 0 Å². The SMILES string of the molecule is C=C(C)C(=O)OCCNC(C)(C)C.C=CCNCC=C. The van der Waals surface area contributed by atoms with Crippen molar-refractivity contribution >= 4 is 5.97 Å². The molecule has 116 valence electrons. The van der Waals surface area contributed by atoms with Crippen LogP contribution >= 0.6 is 0 Å². The normalized spacial score (nSPS) is 10.0. The summed E-state index contributed by atoms with van der Waals surface area (Å²) in [7, 11) is 0. The van der Waals surface area contributed by atoms with Gasteiger partial charge in [-0.2, -0.15) is 0 Å². The van der Waals surface area contributed by atoms with E-state index in [9.17, 15) is 4.79 Å². The third kappa shape index (κ3) is 19.0. The summed E-state index contributed by atoms with van der Waals surface area (Å²) >= 11 is 0. The number of rotatable bonds is 8. The first kappa shape index (κ1) is 20.9. The molecule has 0 amide bonds. The molecule has 0 aromatic carbocycles. The summed E-state index contributed by atoms with van der Waals surface area (Å²) in [6, 6.07) is 0. The summed E-state index contributed by atoms with van der Waals surface area (Å²) in [4.78, 5) is 10.9. The van der Waals surface area contributed by atoms with Gasteiger partial charge in [-0.1, -0.05) is 18.7 Å². The minimum Gasteiger partial charge on any atom is -0.461 e. The van der Waals surface area contributed by atoms with Gasteiger partial charge in [0.05, 0.1) is 0 Å². The number of hydrogen-bond acceptors (Lipinski definition) is 4. The molecule has 0 heterocycles. The molecular formula is C16H30N2O2. The van der Waals surface area contributed by atoms with E-state index in [1.54, 1.807) is 6.92 Å². The zero-order valence-electron chi connectivity index (χ0n) is 13.4. The minimum atomic E-state index is -0.323. The van der Waals surface area contributed by atoms with Crippen molar-refractivity contribution in [2.24, 2.45) is 0 Å². The average Bonchev–Trinajstić information content (AvgIpc) is 2.34. The van der Waals surface area contributed by atoms with Crippen molar-refractivity contribution in [1.82, 2.24) is 10.6 Å². The van der Waals surface area contributed by atoms with Gasteiger partial charge in [0.1, 0.15) is 6.61 Å². The van der Waals surface area contributed by atoms with Crippen molar-refractivity contribution < 1.29 is 9.53 Å². The average molecular weight is 282 g/mol. The molecule has 0 saturated carbocycles. The van der Waals surface area contributed by atoms with E-state index in [0.717, 1.165) is 13.1 Å². The van der Waals surface area contributed by atoms with Gasteiger partial charge in [0, 0.05) is 30.7 Å². The maximum Gasteiger partial charge on any atom is 0.333 e. The molecule has 0 fully saturated rings. The van der Waals surface area contributed by atoms with Gasteiger partial charge in [-0.3, -0.25) is 0 Å². The van der Waals surface area contributed by atoms with Crippen molar-refractivity contribution in [3.8, 4) is 0 Å². The Morgan fingerprint density at radius 3 is 2.05 bits per heavy atom. The molecule has 0 spiro atoms. The number of carbonyl (C=O) groups is 1. The minimum absolute atomic E-state index is 0.0651. The van der Waals surface area contributed by atoms with E-state index in [1.807, 2.05) is 12.2 Å². The van der Waals surface area contributed by atoms with Crippen molar-refractivity contribution in [3.05, 3.63) is 37.5 Å². The highest BCUT2D eigenvalue weighted by atomic mass is 16.5. The van der Waals surface area contributed by atoms with Crippen LogP contribution in [0, 0.1) is 0 Å². The van der Waals surface area contributed by atoms with Gasteiger partial charge in [-0.15, -0.1) is 13.2 Å². The molecule has 0 bridgehead atoms. The fraction of sp³-hybridized carbons (Fsp3) is 0.562. The van der Waals surface area contributed by atoms with Crippen LogP contribution in [0.4, 0.5) is 0 Å². The van der Waals surface area contributed by atoms with E-state index >= 15 is 0 Å². The van der Waals surface area contributed by atoms with Gasteiger partial charge < -0.3 is 15.4 Å². The van der Waals surface area contributed by atoms with Crippen molar-refractivity contribution in [2.45, 2.75) is 33.2 Å². The smallest absolute Gasteiger partial charge is 0.333 e. The number of carbonyl (C=O) groups excluding carboxylic acids is 1. The second kappa shape index (κ2) is 12.6. The van der Waals surface area contributed by atoms with Crippen LogP contribution in [-0.4, -0.2) is 37.7 Å². The van der Waals surface area contributed by atoms with Crippen molar-refractivity contribution in [3.63, 3.8) is 0 Å². The Labute approximate surface area is 124 Å². The third-order valence-corrected chi connectivity index (χ3v) is 1.92. The molecule has 4 heteroatoms. The van der Waals surface area contributed by atoms with Crippen molar-refractivity contribution in [1.29, 1.82) is 0 Å². The van der Waals surface area contributed by atoms with Gasteiger partial charge in [-0.25, -0.2) is 4.79 Å². The summed E-state index contributed by atoms with van der Waals surface area (Å²) in [6.07, 6.45) is 3.65. The van der Waals surface area contributed by atoms with E-state index in [-0.39, 0.29) is 11.5 Å². The summed E-state index contributed by atoms with van der Waals surface area (Å²) in [5, 5.41) is 6.26. The molecule has 2 N–H and O–H groups in total. The van der Waals surface area contributed by atoms with Crippen LogP contribution in [0.25, 0.3) is 0 Å². The zero-order chi connectivity index (χ0) is 16.0. The monoisotopic (exact) mass is 282 g/mol. The quantitative estimate of drug-likeness (QED) is 0.311. The fourth-order valence-electron chi connectivity index (χ4n) is 0.980. The highest BCUT2D eigenvalue weighted by Crippen LogP contribution is 1.97. The lowest BCUT2D eigenvalue weighted by atomic mass is 10.1. The maximum atomic E-state index is 10.9. The van der Waals surface area contributed by atoms with Crippen LogP contribution < -0.4 is 10.6 Å².